The standard InChI is InChI=1S/C16H16N2O2/c1-19-13-7-5-6-12(10-13)18-15(11-17)14-8-3-4-9-16(14)20-2/h3-10,15,18H,1-2H3. The average molecular weight is 268 g/mol. The number of hydrogen-bond acceptors (Lipinski definition) is 4. The monoisotopic (exact) mass is 268 g/mol. The normalized spacial score (nSPS) is 11.2. The van der Waals surface area contributed by atoms with E-state index in [-0.39, 0.29) is 0 Å². The number of ether oxygens (including phenoxy) is 2. The largest absolute Gasteiger partial charge is 0.497 e. The van der Waals surface area contributed by atoms with E-state index in [9.17, 15) is 5.26 Å². The summed E-state index contributed by atoms with van der Waals surface area (Å²) in [6.45, 7) is 0. The fourth-order valence-corrected chi connectivity index (χ4v) is 1.96. The van der Waals surface area contributed by atoms with Gasteiger partial charge in [0.1, 0.15) is 17.5 Å². The predicted molar refractivity (Wildman–Crippen MR) is 78.0 cm³/mol. The number of nitriles is 1. The predicted octanol–water partition coefficient (Wildman–Crippen LogP) is 3.38. The third-order valence-corrected chi connectivity index (χ3v) is 2.96. The lowest BCUT2D eigenvalue weighted by atomic mass is 10.1. The van der Waals surface area contributed by atoms with Crippen molar-refractivity contribution >= 4 is 5.69 Å². The zero-order valence-electron chi connectivity index (χ0n) is 11.5. The maximum atomic E-state index is 9.39. The average Bonchev–Trinajstić information content (AvgIpc) is 2.52. The summed E-state index contributed by atoms with van der Waals surface area (Å²) in [5, 5.41) is 12.6. The van der Waals surface area contributed by atoms with Crippen molar-refractivity contribution in [3.63, 3.8) is 0 Å². The molecule has 20 heavy (non-hydrogen) atoms. The van der Waals surface area contributed by atoms with E-state index in [1.807, 2.05) is 48.5 Å². The third-order valence-electron chi connectivity index (χ3n) is 2.96. The molecular weight excluding hydrogens is 252 g/mol. The molecule has 102 valence electrons. The first-order valence-electron chi connectivity index (χ1n) is 6.21. The van der Waals surface area contributed by atoms with E-state index < -0.39 is 6.04 Å². The molecule has 0 bridgehead atoms. The van der Waals surface area contributed by atoms with Crippen molar-refractivity contribution in [3.05, 3.63) is 54.1 Å². The minimum Gasteiger partial charge on any atom is -0.497 e. The van der Waals surface area contributed by atoms with E-state index in [2.05, 4.69) is 11.4 Å². The van der Waals surface area contributed by atoms with Gasteiger partial charge in [0.15, 0.2) is 0 Å². The van der Waals surface area contributed by atoms with Crippen molar-refractivity contribution in [3.8, 4) is 17.6 Å². The highest BCUT2D eigenvalue weighted by Crippen LogP contribution is 2.28. The van der Waals surface area contributed by atoms with Crippen molar-refractivity contribution < 1.29 is 9.47 Å². The van der Waals surface area contributed by atoms with E-state index >= 15 is 0 Å². The van der Waals surface area contributed by atoms with E-state index in [0.717, 1.165) is 17.0 Å². The van der Waals surface area contributed by atoms with Crippen molar-refractivity contribution in [1.29, 1.82) is 5.26 Å². The van der Waals surface area contributed by atoms with Gasteiger partial charge >= 0.3 is 0 Å². The second kappa shape index (κ2) is 6.48. The molecule has 2 rings (SSSR count). The number of anilines is 1. The molecule has 0 fully saturated rings. The van der Waals surface area contributed by atoms with Gasteiger partial charge in [-0.15, -0.1) is 0 Å². The number of methoxy groups -OCH3 is 2. The molecule has 1 unspecified atom stereocenters. The van der Waals surface area contributed by atoms with Gasteiger partial charge in [-0.25, -0.2) is 0 Å². The van der Waals surface area contributed by atoms with Crippen LogP contribution >= 0.6 is 0 Å². The molecule has 1 atom stereocenters. The van der Waals surface area contributed by atoms with Crippen molar-refractivity contribution in [2.75, 3.05) is 19.5 Å². The summed E-state index contributed by atoms with van der Waals surface area (Å²) >= 11 is 0. The Morgan fingerprint density at radius 2 is 1.85 bits per heavy atom. The van der Waals surface area contributed by atoms with Gasteiger partial charge < -0.3 is 14.8 Å². The summed E-state index contributed by atoms with van der Waals surface area (Å²) < 4.78 is 10.5. The van der Waals surface area contributed by atoms with Gasteiger partial charge in [0, 0.05) is 17.3 Å². The zero-order chi connectivity index (χ0) is 14.4. The molecule has 0 spiro atoms. The van der Waals surface area contributed by atoms with Gasteiger partial charge in [-0.2, -0.15) is 5.26 Å². The summed E-state index contributed by atoms with van der Waals surface area (Å²) in [5.74, 6) is 1.43. The Kier molecular flexibility index (Phi) is 4.46. The second-order valence-electron chi connectivity index (χ2n) is 4.18. The van der Waals surface area contributed by atoms with Crippen molar-refractivity contribution in [2.45, 2.75) is 6.04 Å². The minimum absolute atomic E-state index is 0.488. The molecule has 0 heterocycles. The molecule has 0 aliphatic rings. The van der Waals surface area contributed by atoms with Crippen LogP contribution < -0.4 is 14.8 Å². The van der Waals surface area contributed by atoms with Gasteiger partial charge in [0.2, 0.25) is 0 Å². The lowest BCUT2D eigenvalue weighted by Gasteiger charge is -2.16. The number of nitrogens with one attached hydrogen (secondary N) is 1. The molecule has 4 nitrogen and oxygen atoms in total. The topological polar surface area (TPSA) is 54.3 Å². The Bertz CT molecular complexity index is 620. The summed E-state index contributed by atoms with van der Waals surface area (Å²) in [6.07, 6.45) is 0. The molecule has 0 saturated heterocycles. The fourth-order valence-electron chi connectivity index (χ4n) is 1.96. The SMILES string of the molecule is COc1cccc(NC(C#N)c2ccccc2OC)c1. The van der Waals surface area contributed by atoms with Crippen LogP contribution in [0.2, 0.25) is 0 Å². The van der Waals surface area contributed by atoms with Crippen LogP contribution in [0.25, 0.3) is 0 Å². The van der Waals surface area contributed by atoms with Crippen LogP contribution in [-0.2, 0) is 0 Å². The third kappa shape index (κ3) is 3.01. The zero-order valence-corrected chi connectivity index (χ0v) is 11.5. The molecular formula is C16H16N2O2. The van der Waals surface area contributed by atoms with Crippen LogP contribution in [0.1, 0.15) is 11.6 Å². The smallest absolute Gasteiger partial charge is 0.143 e. The van der Waals surface area contributed by atoms with Gasteiger partial charge in [-0.3, -0.25) is 0 Å². The van der Waals surface area contributed by atoms with E-state index in [1.54, 1.807) is 14.2 Å². The Morgan fingerprint density at radius 3 is 2.55 bits per heavy atom. The van der Waals surface area contributed by atoms with Gasteiger partial charge in [-0.1, -0.05) is 24.3 Å². The van der Waals surface area contributed by atoms with Gasteiger partial charge in [0.05, 0.1) is 20.3 Å². The number of para-hydroxylation sites is 1. The van der Waals surface area contributed by atoms with Crippen LogP contribution in [0.4, 0.5) is 5.69 Å². The lowest BCUT2D eigenvalue weighted by Crippen LogP contribution is -2.09. The van der Waals surface area contributed by atoms with Crippen LogP contribution in [-0.4, -0.2) is 14.2 Å². The molecule has 0 amide bonds. The van der Waals surface area contributed by atoms with Crippen LogP contribution in [0.15, 0.2) is 48.5 Å². The van der Waals surface area contributed by atoms with E-state index in [0.29, 0.717) is 5.75 Å². The highest BCUT2D eigenvalue weighted by molar-refractivity contribution is 5.53. The molecule has 2 aromatic rings. The molecule has 0 saturated carbocycles. The van der Waals surface area contributed by atoms with Crippen LogP contribution in [0, 0.1) is 11.3 Å². The quantitative estimate of drug-likeness (QED) is 0.903. The van der Waals surface area contributed by atoms with E-state index in [4.69, 9.17) is 9.47 Å². The molecule has 0 aromatic heterocycles. The van der Waals surface area contributed by atoms with E-state index in [1.165, 1.54) is 0 Å². The first-order valence-corrected chi connectivity index (χ1v) is 6.21. The Hall–Kier alpha value is -2.67. The summed E-state index contributed by atoms with van der Waals surface area (Å²) in [5.41, 5.74) is 1.63. The number of rotatable bonds is 5. The molecule has 0 radical (unpaired) electrons. The maximum Gasteiger partial charge on any atom is 0.143 e. The van der Waals surface area contributed by atoms with Crippen LogP contribution in [0.5, 0.6) is 11.5 Å². The Morgan fingerprint density at radius 1 is 1.05 bits per heavy atom. The second-order valence-corrected chi connectivity index (χ2v) is 4.18. The van der Waals surface area contributed by atoms with Gasteiger partial charge in [-0.05, 0) is 18.2 Å². The minimum atomic E-state index is -0.488. The molecule has 0 aliphatic heterocycles. The van der Waals surface area contributed by atoms with Crippen molar-refractivity contribution in [1.82, 2.24) is 0 Å². The maximum absolute atomic E-state index is 9.39. The molecule has 0 aliphatic carbocycles. The Labute approximate surface area is 118 Å². The van der Waals surface area contributed by atoms with Crippen LogP contribution in [0.3, 0.4) is 0 Å². The highest BCUT2D eigenvalue weighted by Gasteiger charge is 2.15. The van der Waals surface area contributed by atoms with Crippen molar-refractivity contribution in [2.24, 2.45) is 0 Å². The molecule has 2 aromatic carbocycles. The Balaban J connectivity index is 2.27. The lowest BCUT2D eigenvalue weighted by molar-refractivity contribution is 0.409. The number of nitrogens with zero attached hydrogens (tertiary/aromatic N) is 1. The summed E-state index contributed by atoms with van der Waals surface area (Å²) in [4.78, 5) is 0. The fraction of sp³-hybridized carbons (Fsp3) is 0.188. The molecule has 4 heteroatoms. The molecule has 1 N–H and O–H groups in total. The first-order chi connectivity index (χ1) is 9.78. The summed E-state index contributed by atoms with van der Waals surface area (Å²) in [7, 11) is 3.21. The van der Waals surface area contributed by atoms with Gasteiger partial charge in [0.25, 0.3) is 0 Å². The number of hydrogen-bond donors (Lipinski definition) is 1. The summed E-state index contributed by atoms with van der Waals surface area (Å²) in [6, 6.07) is 16.7. The number of benzene rings is 2. The highest BCUT2D eigenvalue weighted by atomic mass is 16.5. The first kappa shape index (κ1) is 13.8.